The highest BCUT2D eigenvalue weighted by Crippen LogP contribution is 2.19. The van der Waals surface area contributed by atoms with Crippen molar-refractivity contribution in [2.75, 3.05) is 32.8 Å². The lowest BCUT2D eigenvalue weighted by Crippen LogP contribution is -2.39. The Hall–Kier alpha value is -1.74. The first-order valence-corrected chi connectivity index (χ1v) is 8.73. The molecule has 1 aromatic heterocycles. The van der Waals surface area contributed by atoms with Crippen LogP contribution in [0.2, 0.25) is 0 Å². The number of carbonyl (C=O) groups is 1. The van der Waals surface area contributed by atoms with E-state index in [0.717, 1.165) is 37.9 Å². The maximum atomic E-state index is 12.1. The molecule has 9 heteroatoms. The van der Waals surface area contributed by atoms with Crippen molar-refractivity contribution in [2.45, 2.75) is 44.9 Å². The highest BCUT2D eigenvalue weighted by atomic mass is 19.4. The molecule has 0 radical (unpaired) electrons. The number of alkyl halides is 3. The van der Waals surface area contributed by atoms with Crippen LogP contribution >= 0.6 is 0 Å². The summed E-state index contributed by atoms with van der Waals surface area (Å²) in [5.74, 6) is 0.000753. The van der Waals surface area contributed by atoms with E-state index in [1.54, 1.807) is 19.3 Å². The molecule has 1 aromatic rings. The molecule has 1 saturated heterocycles. The van der Waals surface area contributed by atoms with Crippen LogP contribution in [0.15, 0.2) is 18.7 Å². The fourth-order valence-electron chi connectivity index (χ4n) is 3.16. The average Bonchev–Trinajstić information content (AvgIpc) is 2.82. The van der Waals surface area contributed by atoms with E-state index < -0.39 is 12.8 Å². The smallest absolute Gasteiger partial charge is 0.371 e. The molecule has 2 heterocycles. The van der Waals surface area contributed by atoms with Gasteiger partial charge >= 0.3 is 6.18 Å². The minimum Gasteiger partial charge on any atom is -0.371 e. The lowest BCUT2D eigenvalue weighted by Gasteiger charge is -2.30. The Labute approximate surface area is 151 Å². The SMILES string of the molecule is CC(=O)N(Cc1cncnc1)[C@@H]1CCCN(CCOCC(F)(F)F)CC1. The minimum absolute atomic E-state index is 0.000753. The van der Waals surface area contributed by atoms with E-state index in [-0.39, 0.29) is 18.6 Å². The normalized spacial score (nSPS) is 19.2. The largest absolute Gasteiger partial charge is 0.411 e. The molecule has 0 N–H and O–H groups in total. The van der Waals surface area contributed by atoms with Gasteiger partial charge in [-0.1, -0.05) is 0 Å². The molecule has 1 fully saturated rings. The van der Waals surface area contributed by atoms with Crippen molar-refractivity contribution in [1.82, 2.24) is 19.8 Å². The zero-order valence-electron chi connectivity index (χ0n) is 14.9. The van der Waals surface area contributed by atoms with Crippen molar-refractivity contribution >= 4 is 5.91 Å². The first-order chi connectivity index (χ1) is 12.3. The summed E-state index contributed by atoms with van der Waals surface area (Å²) < 4.78 is 41.0. The average molecular weight is 374 g/mol. The molecular formula is C17H25F3N4O2. The van der Waals surface area contributed by atoms with Gasteiger partial charge in [-0.3, -0.25) is 4.79 Å². The summed E-state index contributed by atoms with van der Waals surface area (Å²) in [6.07, 6.45) is 3.10. The third kappa shape index (κ3) is 7.25. The second-order valence-corrected chi connectivity index (χ2v) is 6.49. The van der Waals surface area contributed by atoms with Crippen molar-refractivity contribution in [3.8, 4) is 0 Å². The van der Waals surface area contributed by atoms with Gasteiger partial charge in [-0.05, 0) is 25.8 Å². The van der Waals surface area contributed by atoms with Crippen LogP contribution < -0.4 is 0 Å². The number of hydrogen-bond acceptors (Lipinski definition) is 5. The third-order valence-electron chi connectivity index (χ3n) is 4.42. The van der Waals surface area contributed by atoms with Crippen molar-refractivity contribution in [3.05, 3.63) is 24.3 Å². The lowest BCUT2D eigenvalue weighted by atomic mass is 10.1. The fraction of sp³-hybridized carbons (Fsp3) is 0.706. The molecule has 0 spiro atoms. The predicted octanol–water partition coefficient (Wildman–Crippen LogP) is 2.26. The molecule has 1 atom stereocenters. The molecular weight excluding hydrogens is 349 g/mol. The second kappa shape index (κ2) is 9.82. The fourth-order valence-corrected chi connectivity index (χ4v) is 3.16. The highest BCUT2D eigenvalue weighted by molar-refractivity contribution is 5.73. The molecule has 1 amide bonds. The number of likely N-dealkylation sites (tertiary alicyclic amines) is 1. The van der Waals surface area contributed by atoms with E-state index in [9.17, 15) is 18.0 Å². The quantitative estimate of drug-likeness (QED) is 0.685. The number of ether oxygens (including phenoxy) is 1. The maximum absolute atomic E-state index is 12.1. The van der Waals surface area contributed by atoms with E-state index in [4.69, 9.17) is 0 Å². The summed E-state index contributed by atoms with van der Waals surface area (Å²) in [6.45, 7) is 2.87. The highest BCUT2D eigenvalue weighted by Gasteiger charge is 2.28. The van der Waals surface area contributed by atoms with Crippen LogP contribution in [0.3, 0.4) is 0 Å². The number of nitrogens with zero attached hydrogens (tertiary/aromatic N) is 4. The van der Waals surface area contributed by atoms with Crippen LogP contribution in [0.5, 0.6) is 0 Å². The zero-order chi connectivity index (χ0) is 19.0. The van der Waals surface area contributed by atoms with Gasteiger partial charge in [0.25, 0.3) is 0 Å². The van der Waals surface area contributed by atoms with Crippen LogP contribution in [-0.4, -0.2) is 70.7 Å². The van der Waals surface area contributed by atoms with Crippen LogP contribution in [0.25, 0.3) is 0 Å². The van der Waals surface area contributed by atoms with Crippen LogP contribution in [0.4, 0.5) is 13.2 Å². The molecule has 0 aromatic carbocycles. The van der Waals surface area contributed by atoms with E-state index in [2.05, 4.69) is 19.6 Å². The van der Waals surface area contributed by atoms with Crippen LogP contribution in [0, 0.1) is 0 Å². The number of amides is 1. The van der Waals surface area contributed by atoms with Crippen LogP contribution in [-0.2, 0) is 16.1 Å². The Bertz CT molecular complexity index is 557. The second-order valence-electron chi connectivity index (χ2n) is 6.49. The molecule has 146 valence electrons. The first-order valence-electron chi connectivity index (χ1n) is 8.73. The first kappa shape index (κ1) is 20.6. The predicted molar refractivity (Wildman–Crippen MR) is 89.2 cm³/mol. The standard InChI is InChI=1S/C17H25F3N4O2/c1-14(25)24(11-15-9-21-13-22-10-15)16-3-2-5-23(6-4-16)7-8-26-12-17(18,19)20/h9-10,13,16H,2-8,11-12H2,1H3/t16-/m1/s1. The number of carbonyl (C=O) groups excluding carboxylic acids is 1. The van der Waals surface area contributed by atoms with Gasteiger partial charge in [-0.15, -0.1) is 0 Å². The van der Waals surface area contributed by atoms with Crippen LogP contribution in [0.1, 0.15) is 31.7 Å². The lowest BCUT2D eigenvalue weighted by molar-refractivity contribution is -0.174. The Kier molecular flexibility index (Phi) is 7.77. The summed E-state index contributed by atoms with van der Waals surface area (Å²) in [6, 6.07) is 0.105. The monoisotopic (exact) mass is 374 g/mol. The summed E-state index contributed by atoms with van der Waals surface area (Å²) in [5.41, 5.74) is 0.879. The molecule has 0 bridgehead atoms. The molecule has 6 nitrogen and oxygen atoms in total. The Morgan fingerprint density at radius 1 is 1.31 bits per heavy atom. The summed E-state index contributed by atoms with van der Waals surface area (Å²) in [7, 11) is 0. The third-order valence-corrected chi connectivity index (χ3v) is 4.42. The summed E-state index contributed by atoms with van der Waals surface area (Å²) in [4.78, 5) is 24.0. The van der Waals surface area contributed by atoms with Gasteiger partial charge in [0.05, 0.1) is 6.61 Å². The van der Waals surface area contributed by atoms with Crippen molar-refractivity contribution in [2.24, 2.45) is 0 Å². The van der Waals surface area contributed by atoms with E-state index in [1.165, 1.54) is 6.33 Å². The minimum atomic E-state index is -4.28. The van der Waals surface area contributed by atoms with Crippen molar-refractivity contribution in [3.63, 3.8) is 0 Å². The number of halogens is 3. The van der Waals surface area contributed by atoms with E-state index in [1.807, 2.05) is 4.90 Å². The number of aromatic nitrogens is 2. The van der Waals surface area contributed by atoms with Gasteiger partial charge < -0.3 is 14.5 Å². The Balaban J connectivity index is 1.82. The van der Waals surface area contributed by atoms with Gasteiger partial charge in [-0.25, -0.2) is 9.97 Å². The molecule has 2 rings (SSSR count). The van der Waals surface area contributed by atoms with Crippen molar-refractivity contribution in [1.29, 1.82) is 0 Å². The molecule has 26 heavy (non-hydrogen) atoms. The van der Waals surface area contributed by atoms with Gasteiger partial charge in [0, 0.05) is 50.6 Å². The zero-order valence-corrected chi connectivity index (χ0v) is 14.9. The summed E-state index contributed by atoms with van der Waals surface area (Å²) >= 11 is 0. The topological polar surface area (TPSA) is 58.6 Å². The van der Waals surface area contributed by atoms with E-state index >= 15 is 0 Å². The molecule has 0 saturated carbocycles. The maximum Gasteiger partial charge on any atom is 0.411 e. The Morgan fingerprint density at radius 3 is 2.69 bits per heavy atom. The van der Waals surface area contributed by atoms with Gasteiger partial charge in [0.15, 0.2) is 0 Å². The molecule has 0 aliphatic carbocycles. The van der Waals surface area contributed by atoms with Gasteiger partial charge in [0.1, 0.15) is 12.9 Å². The Morgan fingerprint density at radius 2 is 2.04 bits per heavy atom. The molecule has 1 aliphatic rings. The van der Waals surface area contributed by atoms with E-state index in [0.29, 0.717) is 13.1 Å². The number of rotatable bonds is 7. The number of hydrogen-bond donors (Lipinski definition) is 0. The molecule has 0 unspecified atom stereocenters. The van der Waals surface area contributed by atoms with Gasteiger partial charge in [-0.2, -0.15) is 13.2 Å². The molecule has 1 aliphatic heterocycles. The summed E-state index contributed by atoms with van der Waals surface area (Å²) in [5, 5.41) is 0. The van der Waals surface area contributed by atoms with Gasteiger partial charge in [0.2, 0.25) is 5.91 Å². The van der Waals surface area contributed by atoms with Crippen molar-refractivity contribution < 1.29 is 22.7 Å².